The van der Waals surface area contributed by atoms with E-state index >= 15 is 0 Å². The SMILES string of the molecule is N[C@H]1CC[C@H](Nc2ncc(Cl)c(-c3cnc4ccc(NC(=O)c5ccccc5)cn34)n2)CC1. The van der Waals surface area contributed by atoms with Crippen molar-refractivity contribution in [1.82, 2.24) is 19.4 Å². The number of pyridine rings is 1. The fourth-order valence-corrected chi connectivity index (χ4v) is 4.27. The van der Waals surface area contributed by atoms with Gasteiger partial charge in [-0.25, -0.2) is 15.0 Å². The second kappa shape index (κ2) is 9.17. The predicted molar refractivity (Wildman–Crippen MR) is 129 cm³/mol. The van der Waals surface area contributed by atoms with E-state index in [4.69, 9.17) is 17.3 Å². The average Bonchev–Trinajstić information content (AvgIpc) is 3.25. The van der Waals surface area contributed by atoms with E-state index < -0.39 is 0 Å². The van der Waals surface area contributed by atoms with Gasteiger partial charge < -0.3 is 16.4 Å². The summed E-state index contributed by atoms with van der Waals surface area (Å²) < 4.78 is 1.86. The van der Waals surface area contributed by atoms with Crippen molar-refractivity contribution in [1.29, 1.82) is 0 Å². The van der Waals surface area contributed by atoms with Gasteiger partial charge in [-0.3, -0.25) is 9.20 Å². The molecule has 0 spiro atoms. The lowest BCUT2D eigenvalue weighted by Gasteiger charge is -2.26. The minimum atomic E-state index is -0.185. The normalized spacial score (nSPS) is 18.2. The molecule has 0 aliphatic heterocycles. The number of rotatable bonds is 5. The van der Waals surface area contributed by atoms with Crippen molar-refractivity contribution >= 4 is 34.8 Å². The number of carbonyl (C=O) groups is 1. The lowest BCUT2D eigenvalue weighted by molar-refractivity contribution is 0.102. The number of benzene rings is 1. The molecule has 4 N–H and O–H groups in total. The van der Waals surface area contributed by atoms with Crippen LogP contribution in [0.25, 0.3) is 17.0 Å². The van der Waals surface area contributed by atoms with Crippen molar-refractivity contribution in [3.05, 3.63) is 71.6 Å². The Morgan fingerprint density at radius 3 is 2.61 bits per heavy atom. The third kappa shape index (κ3) is 4.67. The highest BCUT2D eigenvalue weighted by atomic mass is 35.5. The number of hydrogen-bond donors (Lipinski definition) is 3. The summed E-state index contributed by atoms with van der Waals surface area (Å²) in [6.07, 6.45) is 9.08. The number of aromatic nitrogens is 4. The molecule has 33 heavy (non-hydrogen) atoms. The van der Waals surface area contributed by atoms with Crippen molar-refractivity contribution in [3.63, 3.8) is 0 Å². The van der Waals surface area contributed by atoms with Gasteiger partial charge in [0, 0.05) is 23.8 Å². The van der Waals surface area contributed by atoms with Crippen LogP contribution in [0.2, 0.25) is 5.02 Å². The Labute approximate surface area is 196 Å². The van der Waals surface area contributed by atoms with Crippen LogP contribution >= 0.6 is 11.6 Å². The quantitative estimate of drug-likeness (QED) is 0.407. The standard InChI is InChI=1S/C24H24ClN7O/c25-19-12-28-24(30-17-8-6-16(26)7-9-17)31-22(19)20-13-27-21-11-10-18(14-32(20)21)29-23(33)15-4-2-1-3-5-15/h1-5,10-14,16-17H,6-9,26H2,(H,29,33)(H,28,30,31)/t16-,17-. The summed E-state index contributed by atoms with van der Waals surface area (Å²) >= 11 is 6.47. The second-order valence-electron chi connectivity index (χ2n) is 8.26. The average molecular weight is 462 g/mol. The zero-order valence-corrected chi connectivity index (χ0v) is 18.7. The second-order valence-corrected chi connectivity index (χ2v) is 8.66. The highest BCUT2D eigenvalue weighted by molar-refractivity contribution is 6.32. The maximum Gasteiger partial charge on any atom is 0.255 e. The van der Waals surface area contributed by atoms with Crippen LogP contribution in [0.1, 0.15) is 36.0 Å². The van der Waals surface area contributed by atoms with Gasteiger partial charge in [0.1, 0.15) is 11.3 Å². The van der Waals surface area contributed by atoms with Crippen molar-refractivity contribution in [2.24, 2.45) is 5.73 Å². The molecule has 0 atom stereocenters. The Hall–Kier alpha value is -3.49. The molecular weight excluding hydrogens is 438 g/mol. The molecule has 3 aromatic heterocycles. The Bertz CT molecular complexity index is 1280. The van der Waals surface area contributed by atoms with Gasteiger partial charge in [0.2, 0.25) is 5.95 Å². The zero-order chi connectivity index (χ0) is 22.8. The molecule has 168 valence electrons. The summed E-state index contributed by atoms with van der Waals surface area (Å²) in [6, 6.07) is 13.3. The molecule has 1 amide bonds. The van der Waals surface area contributed by atoms with Crippen molar-refractivity contribution in [3.8, 4) is 11.4 Å². The molecule has 1 fully saturated rings. The summed E-state index contributed by atoms with van der Waals surface area (Å²) in [5, 5.41) is 6.76. The third-order valence-corrected chi connectivity index (χ3v) is 6.17. The number of nitrogens with zero attached hydrogens (tertiary/aromatic N) is 4. The van der Waals surface area contributed by atoms with Crippen LogP contribution in [0.15, 0.2) is 61.1 Å². The number of imidazole rings is 1. The van der Waals surface area contributed by atoms with Crippen molar-refractivity contribution in [2.75, 3.05) is 10.6 Å². The molecule has 9 heteroatoms. The Morgan fingerprint density at radius 1 is 1.03 bits per heavy atom. The Morgan fingerprint density at radius 2 is 1.82 bits per heavy atom. The highest BCUT2D eigenvalue weighted by Crippen LogP contribution is 2.29. The summed E-state index contributed by atoms with van der Waals surface area (Å²) in [7, 11) is 0. The molecule has 8 nitrogen and oxygen atoms in total. The minimum absolute atomic E-state index is 0.185. The van der Waals surface area contributed by atoms with Crippen LogP contribution in [-0.2, 0) is 0 Å². The minimum Gasteiger partial charge on any atom is -0.351 e. The van der Waals surface area contributed by atoms with Gasteiger partial charge in [0.25, 0.3) is 5.91 Å². The topological polar surface area (TPSA) is 110 Å². The van der Waals surface area contributed by atoms with Crippen LogP contribution in [-0.4, -0.2) is 37.3 Å². The third-order valence-electron chi connectivity index (χ3n) is 5.89. The summed E-state index contributed by atoms with van der Waals surface area (Å²) in [5.74, 6) is 0.341. The van der Waals surface area contributed by atoms with E-state index in [1.807, 2.05) is 40.9 Å². The van der Waals surface area contributed by atoms with Crippen LogP contribution in [0, 0.1) is 0 Å². The number of carbonyl (C=O) groups excluding carboxylic acids is 1. The fourth-order valence-electron chi connectivity index (χ4n) is 4.08. The van der Waals surface area contributed by atoms with E-state index in [-0.39, 0.29) is 11.9 Å². The van der Waals surface area contributed by atoms with Crippen LogP contribution < -0.4 is 16.4 Å². The number of hydrogen-bond acceptors (Lipinski definition) is 6. The number of amides is 1. The van der Waals surface area contributed by atoms with Crippen molar-refractivity contribution in [2.45, 2.75) is 37.8 Å². The van der Waals surface area contributed by atoms with Crippen molar-refractivity contribution < 1.29 is 4.79 Å². The fraction of sp³-hybridized carbons (Fsp3) is 0.250. The molecule has 0 bridgehead atoms. The summed E-state index contributed by atoms with van der Waals surface area (Å²) in [6.45, 7) is 0. The van der Waals surface area contributed by atoms with Gasteiger partial charge in [-0.1, -0.05) is 29.8 Å². The smallest absolute Gasteiger partial charge is 0.255 e. The maximum absolute atomic E-state index is 12.6. The van der Waals surface area contributed by atoms with Gasteiger partial charge >= 0.3 is 0 Å². The van der Waals surface area contributed by atoms with E-state index in [2.05, 4.69) is 25.6 Å². The van der Waals surface area contributed by atoms with Crippen LogP contribution in [0.5, 0.6) is 0 Å². The van der Waals surface area contributed by atoms with E-state index in [0.29, 0.717) is 45.3 Å². The van der Waals surface area contributed by atoms with Gasteiger partial charge in [0.15, 0.2) is 0 Å². The molecule has 1 aliphatic rings. The maximum atomic E-state index is 12.6. The molecule has 1 aromatic carbocycles. The first kappa shape index (κ1) is 21.4. The molecular formula is C24H24ClN7O. The number of fused-ring (bicyclic) bond motifs is 1. The molecule has 4 aromatic rings. The summed E-state index contributed by atoms with van der Waals surface area (Å²) in [5.41, 5.74) is 9.23. The monoisotopic (exact) mass is 461 g/mol. The molecule has 0 saturated heterocycles. The molecule has 1 aliphatic carbocycles. The van der Waals surface area contributed by atoms with E-state index in [0.717, 1.165) is 25.7 Å². The van der Waals surface area contributed by atoms with E-state index in [1.54, 1.807) is 24.5 Å². The number of anilines is 2. The lowest BCUT2D eigenvalue weighted by Crippen LogP contribution is -2.33. The molecule has 1 saturated carbocycles. The first-order valence-electron chi connectivity index (χ1n) is 11.0. The molecule has 3 heterocycles. The van der Waals surface area contributed by atoms with Gasteiger partial charge in [-0.05, 0) is 49.9 Å². The molecule has 5 rings (SSSR count). The van der Waals surface area contributed by atoms with Gasteiger partial charge in [-0.15, -0.1) is 0 Å². The van der Waals surface area contributed by atoms with Crippen LogP contribution in [0.4, 0.5) is 11.6 Å². The largest absolute Gasteiger partial charge is 0.351 e. The highest BCUT2D eigenvalue weighted by Gasteiger charge is 2.20. The zero-order valence-electron chi connectivity index (χ0n) is 17.9. The Balaban J connectivity index is 1.42. The van der Waals surface area contributed by atoms with Gasteiger partial charge in [0.05, 0.1) is 28.8 Å². The van der Waals surface area contributed by atoms with E-state index in [9.17, 15) is 4.79 Å². The first-order chi connectivity index (χ1) is 16.1. The Kier molecular flexibility index (Phi) is 5.93. The van der Waals surface area contributed by atoms with Crippen LogP contribution in [0.3, 0.4) is 0 Å². The predicted octanol–water partition coefficient (Wildman–Crippen LogP) is 4.38. The lowest BCUT2D eigenvalue weighted by atomic mass is 9.92. The summed E-state index contributed by atoms with van der Waals surface area (Å²) in [4.78, 5) is 26.1. The number of nitrogens with one attached hydrogen (secondary N) is 2. The first-order valence-corrected chi connectivity index (χ1v) is 11.3. The number of nitrogens with two attached hydrogens (primary N) is 1. The molecule has 0 radical (unpaired) electrons. The van der Waals surface area contributed by atoms with Gasteiger partial charge in [-0.2, -0.15) is 0 Å². The number of halogens is 1. The molecule has 0 unspecified atom stereocenters. The van der Waals surface area contributed by atoms with E-state index in [1.165, 1.54) is 0 Å².